The first-order valence-electron chi connectivity index (χ1n) is 11.0. The third-order valence-electron chi connectivity index (χ3n) is 6.44. The minimum atomic E-state index is -0.941. The van der Waals surface area contributed by atoms with E-state index in [9.17, 15) is 4.79 Å². The van der Waals surface area contributed by atoms with Crippen LogP contribution < -0.4 is 5.32 Å². The van der Waals surface area contributed by atoms with Crippen molar-refractivity contribution < 1.29 is 14.3 Å². The number of aromatic nitrogens is 1. The lowest BCUT2D eigenvalue weighted by molar-refractivity contribution is 0.0697. The number of thiocarbonyl (C=S) groups is 1. The minimum Gasteiger partial charge on any atom is -0.478 e. The van der Waals surface area contributed by atoms with Gasteiger partial charge in [-0.1, -0.05) is 37.5 Å². The molecule has 2 aliphatic rings. The van der Waals surface area contributed by atoms with Crippen molar-refractivity contribution in [2.24, 2.45) is 0 Å². The van der Waals surface area contributed by atoms with E-state index in [1.165, 1.54) is 19.3 Å². The Morgan fingerprint density at radius 3 is 2.53 bits per heavy atom. The van der Waals surface area contributed by atoms with Crippen molar-refractivity contribution in [2.45, 2.75) is 50.2 Å². The van der Waals surface area contributed by atoms with Crippen LogP contribution in [0.5, 0.6) is 0 Å². The number of nitrogens with one attached hydrogen (secondary N) is 1. The highest BCUT2D eigenvalue weighted by Crippen LogP contribution is 2.43. The van der Waals surface area contributed by atoms with Gasteiger partial charge in [-0.25, -0.2) is 4.79 Å². The first kappa shape index (κ1) is 20.7. The number of hydrogen-bond donors (Lipinski definition) is 2. The predicted molar refractivity (Wildman–Crippen MR) is 125 cm³/mol. The van der Waals surface area contributed by atoms with Gasteiger partial charge in [0.2, 0.25) is 0 Å². The maximum atomic E-state index is 11.2. The molecule has 2 atom stereocenters. The van der Waals surface area contributed by atoms with E-state index in [1.54, 1.807) is 30.5 Å². The van der Waals surface area contributed by atoms with Crippen molar-refractivity contribution in [3.8, 4) is 11.3 Å². The number of benzene rings is 1. The molecule has 0 radical (unpaired) electrons. The fourth-order valence-electron chi connectivity index (χ4n) is 4.87. The Labute approximate surface area is 192 Å². The summed E-state index contributed by atoms with van der Waals surface area (Å²) in [6.45, 7) is 0. The average Bonchev–Trinajstić information content (AvgIpc) is 3.45. The van der Waals surface area contributed by atoms with E-state index in [0.29, 0.717) is 11.8 Å². The second-order valence-electron chi connectivity index (χ2n) is 8.41. The van der Waals surface area contributed by atoms with E-state index in [1.807, 2.05) is 30.3 Å². The number of carboxylic acid groups (broad SMARTS) is 1. The molecule has 32 heavy (non-hydrogen) atoms. The third-order valence-corrected chi connectivity index (χ3v) is 6.77. The highest BCUT2D eigenvalue weighted by Gasteiger charge is 2.44. The lowest BCUT2D eigenvalue weighted by Crippen LogP contribution is -2.40. The second-order valence-corrected chi connectivity index (χ2v) is 8.80. The van der Waals surface area contributed by atoms with Crippen LogP contribution in [0.3, 0.4) is 0 Å². The van der Waals surface area contributed by atoms with Gasteiger partial charge in [-0.3, -0.25) is 4.98 Å². The van der Waals surface area contributed by atoms with Gasteiger partial charge in [0.25, 0.3) is 0 Å². The normalized spacial score (nSPS) is 21.5. The SMILES string of the molecule is O=C(O)c1ccc(-c2ccc([C@H]3[C@@H](c4ccccn4)NC(=S)N3C3CCCCC3)o2)cc1. The zero-order valence-corrected chi connectivity index (χ0v) is 18.4. The molecule has 0 spiro atoms. The van der Waals surface area contributed by atoms with Crippen LogP contribution in [0.2, 0.25) is 0 Å². The van der Waals surface area contributed by atoms with Crippen molar-refractivity contribution in [1.82, 2.24) is 15.2 Å². The summed E-state index contributed by atoms with van der Waals surface area (Å²) in [5, 5.41) is 13.4. The predicted octanol–water partition coefficient (Wildman–Crippen LogP) is 5.35. The van der Waals surface area contributed by atoms with E-state index in [4.69, 9.17) is 21.7 Å². The first-order chi connectivity index (χ1) is 15.6. The Morgan fingerprint density at radius 2 is 1.84 bits per heavy atom. The molecule has 2 N–H and O–H groups in total. The lowest BCUT2D eigenvalue weighted by atomic mass is 9.92. The topological polar surface area (TPSA) is 78.6 Å². The summed E-state index contributed by atoms with van der Waals surface area (Å²) in [6.07, 6.45) is 7.75. The molecule has 2 aromatic heterocycles. The highest BCUT2D eigenvalue weighted by molar-refractivity contribution is 7.80. The molecule has 3 heterocycles. The third kappa shape index (κ3) is 3.88. The molecular weight excluding hydrogens is 422 g/mol. The van der Waals surface area contributed by atoms with Crippen LogP contribution in [-0.4, -0.2) is 32.1 Å². The van der Waals surface area contributed by atoms with Crippen molar-refractivity contribution in [3.05, 3.63) is 77.8 Å². The maximum absolute atomic E-state index is 11.2. The molecule has 6 nitrogen and oxygen atoms in total. The number of nitrogens with zero attached hydrogens (tertiary/aromatic N) is 2. The van der Waals surface area contributed by atoms with Gasteiger partial charge in [0, 0.05) is 17.8 Å². The molecule has 0 amide bonds. The lowest BCUT2D eigenvalue weighted by Gasteiger charge is -2.36. The number of hydrogen-bond acceptors (Lipinski definition) is 4. The van der Waals surface area contributed by atoms with Gasteiger partial charge in [0.15, 0.2) is 5.11 Å². The Balaban J connectivity index is 1.51. The molecular formula is C25H25N3O3S. The van der Waals surface area contributed by atoms with Crippen molar-refractivity contribution in [2.75, 3.05) is 0 Å². The first-order valence-corrected chi connectivity index (χ1v) is 11.5. The van der Waals surface area contributed by atoms with Crippen LogP contribution in [0.1, 0.15) is 66.0 Å². The monoisotopic (exact) mass is 447 g/mol. The van der Waals surface area contributed by atoms with E-state index in [-0.39, 0.29) is 17.6 Å². The minimum absolute atomic E-state index is 0.0902. The molecule has 1 aromatic carbocycles. The van der Waals surface area contributed by atoms with E-state index < -0.39 is 5.97 Å². The Hall–Kier alpha value is -3.19. The fourth-order valence-corrected chi connectivity index (χ4v) is 5.26. The molecule has 0 unspecified atom stereocenters. The Kier molecular flexibility index (Phi) is 5.66. The van der Waals surface area contributed by atoms with Gasteiger partial charge < -0.3 is 19.7 Å². The summed E-state index contributed by atoms with van der Waals surface area (Å²) in [5.41, 5.74) is 2.03. The number of pyridine rings is 1. The summed E-state index contributed by atoms with van der Waals surface area (Å²) >= 11 is 5.80. The van der Waals surface area contributed by atoms with Crippen LogP contribution in [0.4, 0.5) is 0 Å². The maximum Gasteiger partial charge on any atom is 0.335 e. The van der Waals surface area contributed by atoms with Gasteiger partial charge >= 0.3 is 5.97 Å². The fraction of sp³-hybridized carbons (Fsp3) is 0.320. The summed E-state index contributed by atoms with van der Waals surface area (Å²) in [4.78, 5) is 18.1. The van der Waals surface area contributed by atoms with Crippen molar-refractivity contribution in [3.63, 3.8) is 0 Å². The number of carboxylic acids is 1. The zero-order valence-electron chi connectivity index (χ0n) is 17.6. The Morgan fingerprint density at radius 1 is 1.06 bits per heavy atom. The van der Waals surface area contributed by atoms with E-state index in [2.05, 4.69) is 15.2 Å². The molecule has 0 bridgehead atoms. The molecule has 5 rings (SSSR count). The van der Waals surface area contributed by atoms with Crippen molar-refractivity contribution in [1.29, 1.82) is 0 Å². The van der Waals surface area contributed by atoms with Crippen LogP contribution in [-0.2, 0) is 0 Å². The molecule has 2 fully saturated rings. The van der Waals surface area contributed by atoms with Crippen LogP contribution in [0, 0.1) is 0 Å². The molecule has 1 aliphatic carbocycles. The molecule has 164 valence electrons. The largest absolute Gasteiger partial charge is 0.478 e. The van der Waals surface area contributed by atoms with Crippen molar-refractivity contribution >= 4 is 23.3 Å². The zero-order chi connectivity index (χ0) is 22.1. The van der Waals surface area contributed by atoms with Gasteiger partial charge in [0.1, 0.15) is 17.6 Å². The molecule has 3 aromatic rings. The highest BCUT2D eigenvalue weighted by atomic mass is 32.1. The van der Waals surface area contributed by atoms with E-state index >= 15 is 0 Å². The Bertz CT molecular complexity index is 1110. The second kappa shape index (κ2) is 8.74. The molecule has 1 aliphatic heterocycles. The quantitative estimate of drug-likeness (QED) is 0.511. The van der Waals surface area contributed by atoms with E-state index in [0.717, 1.165) is 35.0 Å². The average molecular weight is 448 g/mol. The van der Waals surface area contributed by atoms with Crippen LogP contribution >= 0.6 is 12.2 Å². The van der Waals surface area contributed by atoms with Gasteiger partial charge in [-0.2, -0.15) is 0 Å². The van der Waals surface area contributed by atoms with Crippen LogP contribution in [0.25, 0.3) is 11.3 Å². The van der Waals surface area contributed by atoms with Gasteiger partial charge in [0.05, 0.1) is 17.3 Å². The number of carbonyl (C=O) groups is 1. The number of aromatic carboxylic acids is 1. The summed E-state index contributed by atoms with van der Waals surface area (Å²) in [6, 6.07) is 16.8. The molecule has 1 saturated heterocycles. The number of rotatable bonds is 5. The summed E-state index contributed by atoms with van der Waals surface area (Å²) < 4.78 is 6.36. The summed E-state index contributed by atoms with van der Waals surface area (Å²) in [7, 11) is 0. The smallest absolute Gasteiger partial charge is 0.335 e. The molecule has 7 heteroatoms. The number of furan rings is 1. The van der Waals surface area contributed by atoms with Gasteiger partial charge in [-0.15, -0.1) is 0 Å². The van der Waals surface area contributed by atoms with Gasteiger partial charge in [-0.05, 0) is 61.5 Å². The van der Waals surface area contributed by atoms with Crippen LogP contribution in [0.15, 0.2) is 65.2 Å². The standard InChI is InChI=1S/C25H25N3O3S/c29-24(30)17-11-9-16(10-12-17)20-13-14-21(31-20)23-22(19-8-4-5-15-26-19)27-25(32)28(23)18-6-2-1-3-7-18/h4-5,8-15,18,22-23H,1-3,6-7H2,(H,27,32)(H,29,30)/t22-,23+/m1/s1. The summed E-state index contributed by atoms with van der Waals surface area (Å²) in [5.74, 6) is 0.595. The molecule has 1 saturated carbocycles.